The van der Waals surface area contributed by atoms with Gasteiger partial charge < -0.3 is 10.2 Å². The second-order valence-corrected chi connectivity index (χ2v) is 8.93. The van der Waals surface area contributed by atoms with Crippen LogP contribution in [0.5, 0.6) is 0 Å². The second-order valence-electron chi connectivity index (χ2n) is 7.37. The number of nitrogens with two attached hydrogens (primary N) is 1. The highest BCUT2D eigenvalue weighted by molar-refractivity contribution is 7.89. The van der Waals surface area contributed by atoms with Crippen molar-refractivity contribution in [3.63, 3.8) is 0 Å². The van der Waals surface area contributed by atoms with E-state index in [0.29, 0.717) is 11.3 Å². The predicted molar refractivity (Wildman–Crippen MR) is 112 cm³/mol. The van der Waals surface area contributed by atoms with E-state index in [-0.39, 0.29) is 29.7 Å². The maximum absolute atomic E-state index is 12.8. The number of anilines is 2. The van der Waals surface area contributed by atoms with Crippen molar-refractivity contribution in [1.82, 2.24) is 0 Å². The zero-order valence-corrected chi connectivity index (χ0v) is 17.5. The average Bonchev–Trinajstić information content (AvgIpc) is 3.06. The molecule has 3 rings (SSSR count). The van der Waals surface area contributed by atoms with Gasteiger partial charge in [0.05, 0.1) is 10.8 Å². The number of nitrogens with zero attached hydrogens (tertiary/aromatic N) is 1. The fraction of sp³-hybridized carbons (Fsp3) is 0.333. The summed E-state index contributed by atoms with van der Waals surface area (Å²) in [5, 5.41) is 8.01. The van der Waals surface area contributed by atoms with Gasteiger partial charge in [-0.25, -0.2) is 13.6 Å². The Bertz CT molecular complexity index is 1060. The molecule has 7 nitrogen and oxygen atoms in total. The molecule has 8 heteroatoms. The quantitative estimate of drug-likeness (QED) is 0.782. The van der Waals surface area contributed by atoms with Crippen molar-refractivity contribution in [2.75, 3.05) is 16.8 Å². The summed E-state index contributed by atoms with van der Waals surface area (Å²) in [5.41, 5.74) is 3.78. The lowest BCUT2D eigenvalue weighted by molar-refractivity contribution is -0.122. The van der Waals surface area contributed by atoms with Crippen molar-refractivity contribution < 1.29 is 18.0 Å². The van der Waals surface area contributed by atoms with Crippen LogP contribution in [0.1, 0.15) is 30.0 Å². The molecule has 1 fully saturated rings. The van der Waals surface area contributed by atoms with Crippen LogP contribution < -0.4 is 15.4 Å². The van der Waals surface area contributed by atoms with Gasteiger partial charge in [-0.1, -0.05) is 19.1 Å². The summed E-state index contributed by atoms with van der Waals surface area (Å²) in [5.74, 6) is -0.952. The number of aryl methyl sites for hydroxylation is 2. The molecular weight excluding hydrogens is 390 g/mol. The molecule has 0 unspecified atom stereocenters. The minimum atomic E-state index is -3.89. The van der Waals surface area contributed by atoms with Gasteiger partial charge in [-0.3, -0.25) is 9.59 Å². The Hall–Kier alpha value is -2.71. The first-order chi connectivity index (χ1) is 13.6. The summed E-state index contributed by atoms with van der Waals surface area (Å²) in [4.78, 5) is 26.8. The summed E-state index contributed by atoms with van der Waals surface area (Å²) >= 11 is 0. The van der Waals surface area contributed by atoms with E-state index in [4.69, 9.17) is 5.14 Å². The van der Waals surface area contributed by atoms with E-state index >= 15 is 0 Å². The maximum Gasteiger partial charge on any atom is 0.238 e. The average molecular weight is 416 g/mol. The fourth-order valence-electron chi connectivity index (χ4n) is 3.40. The number of carbonyl (C=O) groups excluding carboxylic acids is 2. The minimum Gasteiger partial charge on any atom is -0.325 e. The SMILES string of the molecule is CCc1ccc(N2C[C@@H](C(=O)Nc3cc(S(N)(=O)=O)cc(C)c3C)CC2=O)cc1. The normalized spacial score (nSPS) is 16.9. The molecule has 0 bridgehead atoms. The van der Waals surface area contributed by atoms with Crippen LogP contribution in [0.15, 0.2) is 41.3 Å². The number of primary sulfonamides is 1. The largest absolute Gasteiger partial charge is 0.325 e. The van der Waals surface area contributed by atoms with Crippen LogP contribution in [-0.4, -0.2) is 26.8 Å². The highest BCUT2D eigenvalue weighted by atomic mass is 32.2. The minimum absolute atomic E-state index is 0.0592. The standard InChI is InChI=1S/C21H25N3O4S/c1-4-15-5-7-17(8-6-15)24-12-16(10-20(24)25)21(26)23-19-11-18(29(22,27)28)9-13(2)14(19)3/h5-9,11,16H,4,10,12H2,1-3H3,(H,23,26)(H2,22,27,28)/t16-/m0/s1. The van der Waals surface area contributed by atoms with Crippen molar-refractivity contribution >= 4 is 33.2 Å². The van der Waals surface area contributed by atoms with E-state index in [2.05, 4.69) is 12.2 Å². The summed E-state index contributed by atoms with van der Waals surface area (Å²) in [6.45, 7) is 5.88. The van der Waals surface area contributed by atoms with Gasteiger partial charge in [-0.05, 0) is 61.2 Å². The molecule has 0 aliphatic carbocycles. The van der Waals surface area contributed by atoms with Crippen LogP contribution in [0.2, 0.25) is 0 Å². The smallest absolute Gasteiger partial charge is 0.238 e. The summed E-state index contributed by atoms with van der Waals surface area (Å²) < 4.78 is 23.4. The van der Waals surface area contributed by atoms with Crippen LogP contribution in [0.3, 0.4) is 0 Å². The molecule has 1 saturated heterocycles. The number of hydrogen-bond acceptors (Lipinski definition) is 4. The molecule has 2 amide bonds. The second kappa shape index (κ2) is 7.96. The van der Waals surface area contributed by atoms with E-state index in [1.807, 2.05) is 24.3 Å². The zero-order valence-electron chi connectivity index (χ0n) is 16.7. The molecule has 1 atom stereocenters. The molecule has 154 valence electrons. The first-order valence-corrected chi connectivity index (χ1v) is 11.0. The molecule has 1 aliphatic rings. The number of carbonyl (C=O) groups is 2. The third-order valence-corrected chi connectivity index (χ3v) is 6.27. The molecule has 0 spiro atoms. The summed E-state index contributed by atoms with van der Waals surface area (Å²) in [6.07, 6.45) is 1.02. The van der Waals surface area contributed by atoms with Gasteiger partial charge in [0.25, 0.3) is 0 Å². The van der Waals surface area contributed by atoms with Crippen molar-refractivity contribution in [3.8, 4) is 0 Å². The van der Waals surface area contributed by atoms with Crippen LogP contribution in [-0.2, 0) is 26.0 Å². The van der Waals surface area contributed by atoms with Crippen molar-refractivity contribution in [3.05, 3.63) is 53.1 Å². The number of nitrogens with one attached hydrogen (secondary N) is 1. The van der Waals surface area contributed by atoms with Gasteiger partial charge in [-0.15, -0.1) is 0 Å². The monoisotopic (exact) mass is 415 g/mol. The lowest BCUT2D eigenvalue weighted by Gasteiger charge is -2.18. The van der Waals surface area contributed by atoms with Crippen molar-refractivity contribution in [1.29, 1.82) is 0 Å². The van der Waals surface area contributed by atoms with Crippen LogP contribution in [0, 0.1) is 19.8 Å². The molecule has 1 aliphatic heterocycles. The molecule has 3 N–H and O–H groups in total. The van der Waals surface area contributed by atoms with E-state index in [1.54, 1.807) is 18.7 Å². The number of rotatable bonds is 5. The molecular formula is C21H25N3O4S. The Morgan fingerprint density at radius 2 is 1.86 bits per heavy atom. The number of hydrogen-bond donors (Lipinski definition) is 2. The third-order valence-electron chi connectivity index (χ3n) is 5.38. The highest BCUT2D eigenvalue weighted by Gasteiger charge is 2.35. The topological polar surface area (TPSA) is 110 Å². The Labute approximate surface area is 171 Å². The Morgan fingerprint density at radius 1 is 1.21 bits per heavy atom. The van der Waals surface area contributed by atoms with Gasteiger partial charge >= 0.3 is 0 Å². The Morgan fingerprint density at radius 3 is 2.45 bits per heavy atom. The first kappa shape index (κ1) is 21.0. The summed E-state index contributed by atoms with van der Waals surface area (Å²) in [7, 11) is -3.89. The van der Waals surface area contributed by atoms with E-state index in [0.717, 1.165) is 17.7 Å². The van der Waals surface area contributed by atoms with E-state index in [9.17, 15) is 18.0 Å². The predicted octanol–water partition coefficient (Wildman–Crippen LogP) is 2.50. The molecule has 0 radical (unpaired) electrons. The van der Waals surface area contributed by atoms with Crippen LogP contribution in [0.4, 0.5) is 11.4 Å². The molecule has 29 heavy (non-hydrogen) atoms. The maximum atomic E-state index is 12.8. The fourth-order valence-corrected chi connectivity index (χ4v) is 4.02. The van der Waals surface area contributed by atoms with Gasteiger partial charge in [-0.2, -0.15) is 0 Å². The van der Waals surface area contributed by atoms with Gasteiger partial charge in [0.2, 0.25) is 21.8 Å². The molecule has 0 aromatic heterocycles. The Balaban J connectivity index is 1.78. The summed E-state index contributed by atoms with van der Waals surface area (Å²) in [6, 6.07) is 10.6. The van der Waals surface area contributed by atoms with E-state index < -0.39 is 15.9 Å². The Kier molecular flexibility index (Phi) is 5.77. The van der Waals surface area contributed by atoms with Crippen molar-refractivity contribution in [2.45, 2.75) is 38.5 Å². The lowest BCUT2D eigenvalue weighted by atomic mass is 10.1. The van der Waals surface area contributed by atoms with Crippen molar-refractivity contribution in [2.24, 2.45) is 11.1 Å². The number of amides is 2. The van der Waals surface area contributed by atoms with Crippen LogP contribution in [0.25, 0.3) is 0 Å². The van der Waals surface area contributed by atoms with E-state index in [1.165, 1.54) is 17.7 Å². The molecule has 0 saturated carbocycles. The zero-order chi connectivity index (χ0) is 21.3. The highest BCUT2D eigenvalue weighted by Crippen LogP contribution is 2.28. The number of sulfonamides is 1. The van der Waals surface area contributed by atoms with Gasteiger partial charge in [0.1, 0.15) is 0 Å². The molecule has 2 aromatic rings. The lowest BCUT2D eigenvalue weighted by Crippen LogP contribution is -2.28. The van der Waals surface area contributed by atoms with Crippen LogP contribution >= 0.6 is 0 Å². The molecule has 1 heterocycles. The third kappa shape index (κ3) is 4.49. The van der Waals surface area contributed by atoms with Gasteiger partial charge in [0, 0.05) is 24.3 Å². The number of benzene rings is 2. The van der Waals surface area contributed by atoms with Gasteiger partial charge in [0.15, 0.2) is 0 Å². The first-order valence-electron chi connectivity index (χ1n) is 9.44. The molecule has 2 aromatic carbocycles.